The minimum Gasteiger partial charge on any atom is -0.326 e. The van der Waals surface area contributed by atoms with Crippen molar-refractivity contribution in [3.8, 4) is 0 Å². The fraction of sp³-hybridized carbons (Fsp3) is 0.222. The van der Waals surface area contributed by atoms with Crippen molar-refractivity contribution >= 4 is 62.3 Å². The molecule has 1 N–H and O–H groups in total. The van der Waals surface area contributed by atoms with Gasteiger partial charge in [0.1, 0.15) is 0 Å². The number of benzene rings is 2. The van der Waals surface area contributed by atoms with E-state index in [1.807, 2.05) is 25.1 Å². The summed E-state index contributed by atoms with van der Waals surface area (Å²) in [6, 6.07) is 10.7. The number of amides is 2. The number of aryl methyl sites for hydroxylation is 1. The van der Waals surface area contributed by atoms with Gasteiger partial charge in [0.15, 0.2) is 0 Å². The predicted octanol–water partition coefficient (Wildman–Crippen LogP) is 5.06. The Bertz CT molecular complexity index is 857. The van der Waals surface area contributed by atoms with Crippen LogP contribution < -0.4 is 10.2 Å². The van der Waals surface area contributed by atoms with Gasteiger partial charge in [-0.2, -0.15) is 0 Å². The summed E-state index contributed by atoms with van der Waals surface area (Å²) < 4.78 is 0.945. The lowest BCUT2D eigenvalue weighted by Crippen LogP contribution is -2.28. The monoisotopic (exact) mass is 440 g/mol. The van der Waals surface area contributed by atoms with E-state index >= 15 is 0 Å². The highest BCUT2D eigenvalue weighted by molar-refractivity contribution is 9.10. The normalized spacial score (nSPS) is 17.0. The van der Waals surface area contributed by atoms with Crippen LogP contribution in [0.25, 0.3) is 0 Å². The topological polar surface area (TPSA) is 49.4 Å². The Morgan fingerprint density at radius 3 is 2.76 bits per heavy atom. The third-order valence-electron chi connectivity index (χ3n) is 4.16. The molecule has 0 bridgehead atoms. The van der Waals surface area contributed by atoms with Crippen LogP contribution in [0.15, 0.2) is 40.9 Å². The Hall–Kier alpha value is -1.56. The van der Waals surface area contributed by atoms with Crippen LogP contribution in [-0.2, 0) is 9.59 Å². The average Bonchev–Trinajstić information content (AvgIpc) is 2.94. The molecule has 2 aromatic rings. The fourth-order valence-corrected chi connectivity index (χ4v) is 3.69. The number of nitrogens with zero attached hydrogens (tertiary/aromatic N) is 1. The first kappa shape index (κ1) is 18.2. The molecule has 0 radical (unpaired) electrons. The van der Waals surface area contributed by atoms with Crippen LogP contribution in [-0.4, -0.2) is 18.4 Å². The zero-order chi connectivity index (χ0) is 18.1. The molecule has 0 aromatic heterocycles. The maximum atomic E-state index is 12.6. The summed E-state index contributed by atoms with van der Waals surface area (Å²) in [4.78, 5) is 26.4. The highest BCUT2D eigenvalue weighted by Crippen LogP contribution is 2.36. The van der Waals surface area contributed by atoms with Crippen LogP contribution in [0, 0.1) is 12.8 Å². The summed E-state index contributed by atoms with van der Waals surface area (Å²) in [5.41, 5.74) is 2.22. The minimum absolute atomic E-state index is 0.142. The highest BCUT2D eigenvalue weighted by Gasteiger charge is 2.36. The van der Waals surface area contributed by atoms with Crippen molar-refractivity contribution in [1.82, 2.24) is 0 Å². The molecule has 1 fully saturated rings. The average molecular weight is 442 g/mol. The second-order valence-corrected chi connectivity index (χ2v) is 7.63. The number of carbonyl (C=O) groups excluding carboxylic acids is 2. The van der Waals surface area contributed by atoms with Gasteiger partial charge in [0.25, 0.3) is 0 Å². The van der Waals surface area contributed by atoms with Crippen LogP contribution in [0.5, 0.6) is 0 Å². The lowest BCUT2D eigenvalue weighted by molar-refractivity contribution is -0.122. The molecule has 3 rings (SSSR count). The van der Waals surface area contributed by atoms with Crippen molar-refractivity contribution in [2.45, 2.75) is 13.3 Å². The summed E-state index contributed by atoms with van der Waals surface area (Å²) in [5.74, 6) is -0.762. The molecule has 1 atom stereocenters. The Morgan fingerprint density at radius 1 is 1.28 bits per heavy atom. The van der Waals surface area contributed by atoms with Gasteiger partial charge in [-0.1, -0.05) is 45.2 Å². The SMILES string of the molecule is Cc1cc(Br)ccc1NC(=O)[C@@H]1CC(=O)N(c2cccc(Cl)c2Cl)C1. The van der Waals surface area contributed by atoms with Crippen molar-refractivity contribution in [2.75, 3.05) is 16.8 Å². The van der Waals surface area contributed by atoms with Crippen LogP contribution in [0.1, 0.15) is 12.0 Å². The van der Waals surface area contributed by atoms with Gasteiger partial charge in [0, 0.05) is 23.1 Å². The number of rotatable bonds is 3. The fourth-order valence-electron chi connectivity index (χ4n) is 2.82. The molecule has 1 aliphatic rings. The number of anilines is 2. The highest BCUT2D eigenvalue weighted by atomic mass is 79.9. The minimum atomic E-state index is -0.439. The number of hydrogen-bond acceptors (Lipinski definition) is 2. The van der Waals surface area contributed by atoms with Gasteiger partial charge in [0.05, 0.1) is 21.7 Å². The third kappa shape index (κ3) is 3.84. The number of hydrogen-bond donors (Lipinski definition) is 1. The van der Waals surface area contributed by atoms with Gasteiger partial charge in [-0.05, 0) is 42.8 Å². The molecule has 1 aliphatic heterocycles. The lowest BCUT2D eigenvalue weighted by atomic mass is 10.1. The summed E-state index contributed by atoms with van der Waals surface area (Å²) in [7, 11) is 0. The van der Waals surface area contributed by atoms with Gasteiger partial charge < -0.3 is 10.2 Å². The summed E-state index contributed by atoms with van der Waals surface area (Å²) in [5, 5.41) is 3.60. The molecular weight excluding hydrogens is 427 g/mol. The zero-order valence-corrected chi connectivity index (χ0v) is 16.5. The quantitative estimate of drug-likeness (QED) is 0.723. The zero-order valence-electron chi connectivity index (χ0n) is 13.4. The van der Waals surface area contributed by atoms with E-state index in [1.165, 1.54) is 4.90 Å². The summed E-state index contributed by atoms with van der Waals surface area (Å²) in [6.07, 6.45) is 0.143. The summed E-state index contributed by atoms with van der Waals surface area (Å²) >= 11 is 15.6. The van der Waals surface area contributed by atoms with E-state index in [0.29, 0.717) is 15.7 Å². The van der Waals surface area contributed by atoms with Crippen LogP contribution >= 0.6 is 39.1 Å². The molecule has 4 nitrogen and oxygen atoms in total. The summed E-state index contributed by atoms with van der Waals surface area (Å²) in [6.45, 7) is 2.19. The van der Waals surface area contributed by atoms with Crippen molar-refractivity contribution < 1.29 is 9.59 Å². The predicted molar refractivity (Wildman–Crippen MR) is 104 cm³/mol. The third-order valence-corrected chi connectivity index (χ3v) is 5.47. The van der Waals surface area contributed by atoms with E-state index in [2.05, 4.69) is 21.2 Å². The van der Waals surface area contributed by atoms with Crippen molar-refractivity contribution in [1.29, 1.82) is 0 Å². The molecule has 7 heteroatoms. The first-order valence-corrected chi connectivity index (χ1v) is 9.23. The Balaban J connectivity index is 1.75. The number of halogens is 3. The standard InChI is InChI=1S/C18H15BrCl2N2O2/c1-10-7-12(19)5-6-14(10)22-18(25)11-8-16(24)23(9-11)15-4-2-3-13(20)17(15)21/h2-7,11H,8-9H2,1H3,(H,22,25)/t11-/m1/s1. The van der Waals surface area contributed by atoms with Crippen LogP contribution in [0.4, 0.5) is 11.4 Å². The Kier molecular flexibility index (Phi) is 5.37. The first-order valence-electron chi connectivity index (χ1n) is 7.68. The maximum Gasteiger partial charge on any atom is 0.229 e. The smallest absolute Gasteiger partial charge is 0.229 e. The largest absolute Gasteiger partial charge is 0.326 e. The number of nitrogens with one attached hydrogen (secondary N) is 1. The molecular formula is C18H15BrCl2N2O2. The van der Waals surface area contributed by atoms with Gasteiger partial charge >= 0.3 is 0 Å². The van der Waals surface area contributed by atoms with Crippen LogP contribution in [0.3, 0.4) is 0 Å². The molecule has 0 unspecified atom stereocenters. The van der Waals surface area contributed by atoms with Crippen molar-refractivity contribution in [2.24, 2.45) is 5.92 Å². The maximum absolute atomic E-state index is 12.6. The van der Waals surface area contributed by atoms with Crippen LogP contribution in [0.2, 0.25) is 10.0 Å². The van der Waals surface area contributed by atoms with Gasteiger partial charge in [-0.15, -0.1) is 0 Å². The Morgan fingerprint density at radius 2 is 2.04 bits per heavy atom. The van der Waals surface area contributed by atoms with E-state index in [1.54, 1.807) is 18.2 Å². The number of carbonyl (C=O) groups is 2. The van der Waals surface area contributed by atoms with Gasteiger partial charge in [-0.25, -0.2) is 0 Å². The Labute approximate surface area is 164 Å². The van der Waals surface area contributed by atoms with E-state index in [9.17, 15) is 9.59 Å². The van der Waals surface area contributed by atoms with Crippen molar-refractivity contribution in [3.63, 3.8) is 0 Å². The molecule has 0 aliphatic carbocycles. The van der Waals surface area contributed by atoms with Gasteiger partial charge in [0.2, 0.25) is 11.8 Å². The van der Waals surface area contributed by atoms with Crippen molar-refractivity contribution in [3.05, 3.63) is 56.5 Å². The second kappa shape index (κ2) is 7.36. The molecule has 2 amide bonds. The molecule has 25 heavy (non-hydrogen) atoms. The lowest BCUT2D eigenvalue weighted by Gasteiger charge is -2.19. The molecule has 1 heterocycles. The molecule has 2 aromatic carbocycles. The molecule has 0 saturated carbocycles. The van der Waals surface area contributed by atoms with E-state index in [-0.39, 0.29) is 24.8 Å². The van der Waals surface area contributed by atoms with E-state index in [0.717, 1.165) is 15.7 Å². The molecule has 130 valence electrons. The van der Waals surface area contributed by atoms with Gasteiger partial charge in [-0.3, -0.25) is 9.59 Å². The second-order valence-electron chi connectivity index (χ2n) is 5.93. The molecule has 0 spiro atoms. The van der Waals surface area contributed by atoms with E-state index in [4.69, 9.17) is 23.2 Å². The van der Waals surface area contributed by atoms with E-state index < -0.39 is 5.92 Å². The molecule has 1 saturated heterocycles. The first-order chi connectivity index (χ1) is 11.9.